The molecule has 0 aliphatic carbocycles. The van der Waals surface area contributed by atoms with Gasteiger partial charge in [0.2, 0.25) is 5.88 Å². The second-order valence-corrected chi connectivity index (χ2v) is 7.38. The van der Waals surface area contributed by atoms with Crippen molar-refractivity contribution in [1.29, 1.82) is 0 Å². The second-order valence-electron chi connectivity index (χ2n) is 6.55. The van der Waals surface area contributed by atoms with Crippen LogP contribution in [0.25, 0.3) is 10.9 Å². The minimum Gasteiger partial charge on any atom is -0.493 e. The molecular weight excluding hydrogens is 378 g/mol. The van der Waals surface area contributed by atoms with Crippen molar-refractivity contribution in [3.63, 3.8) is 0 Å². The number of rotatable bonds is 5. The topological polar surface area (TPSA) is 103 Å². The zero-order valence-electron chi connectivity index (χ0n) is 15.5. The summed E-state index contributed by atoms with van der Waals surface area (Å²) in [4.78, 5) is 21.8. The van der Waals surface area contributed by atoms with E-state index in [1.165, 1.54) is 11.3 Å². The van der Waals surface area contributed by atoms with Crippen LogP contribution < -0.4 is 4.90 Å². The number of nitrogens with one attached hydrogen (secondary N) is 1. The molecule has 3 aromatic rings. The summed E-state index contributed by atoms with van der Waals surface area (Å²) in [5.74, 6) is -0.498. The molecule has 0 unspecified atom stereocenters. The Hall–Kier alpha value is -2.78. The monoisotopic (exact) mass is 399 g/mol. The van der Waals surface area contributed by atoms with E-state index in [2.05, 4.69) is 32.0 Å². The quantitative estimate of drug-likeness (QED) is 0.638. The highest BCUT2D eigenvalue weighted by Gasteiger charge is 2.16. The number of nitrogens with zero attached hydrogens (tertiary/aromatic N) is 4. The number of aromatic amines is 1. The molecule has 2 N–H and O–H groups in total. The first-order valence-corrected chi connectivity index (χ1v) is 10.1. The molecule has 0 radical (unpaired) electrons. The van der Waals surface area contributed by atoms with Gasteiger partial charge in [0.05, 0.1) is 30.8 Å². The number of aromatic hydroxyl groups is 1. The number of morpholine rings is 1. The van der Waals surface area contributed by atoms with Gasteiger partial charge >= 0.3 is 0 Å². The van der Waals surface area contributed by atoms with E-state index in [-0.39, 0.29) is 18.0 Å². The lowest BCUT2D eigenvalue weighted by molar-refractivity contribution is -0.117. The van der Waals surface area contributed by atoms with Crippen molar-refractivity contribution < 1.29 is 14.6 Å². The maximum Gasteiger partial charge on any atom is 0.270 e. The molecule has 1 aliphatic heterocycles. The standard InChI is InChI=1S/C19H21N5O3S/c1-2-12-3-4-15-14(9-12)17(18(26)21-15)23-22-16(25)10-13-11-28-19(20-13)24-5-7-27-8-6-24/h3-4,9,11,21,26H,2,5-8,10H2,1H3. The van der Waals surface area contributed by atoms with Gasteiger partial charge in [-0.25, -0.2) is 4.98 Å². The van der Waals surface area contributed by atoms with E-state index in [1.807, 2.05) is 23.6 Å². The van der Waals surface area contributed by atoms with Crippen LogP contribution in [-0.2, 0) is 22.4 Å². The fraction of sp³-hybridized carbons (Fsp3) is 0.368. The Morgan fingerprint density at radius 2 is 2.21 bits per heavy atom. The third kappa shape index (κ3) is 3.90. The number of aryl methyl sites for hydroxylation is 1. The normalized spacial score (nSPS) is 15.0. The minimum absolute atomic E-state index is 0.0771. The third-order valence-electron chi connectivity index (χ3n) is 4.64. The Morgan fingerprint density at radius 3 is 3.00 bits per heavy atom. The van der Waals surface area contributed by atoms with Crippen LogP contribution in [-0.4, -0.2) is 47.3 Å². The van der Waals surface area contributed by atoms with Crippen LogP contribution in [0.3, 0.4) is 0 Å². The number of hydrogen-bond donors (Lipinski definition) is 2. The molecule has 8 nitrogen and oxygen atoms in total. The number of carbonyl (C=O) groups excluding carboxylic acids is 1. The average molecular weight is 399 g/mol. The van der Waals surface area contributed by atoms with Gasteiger partial charge in [-0.1, -0.05) is 13.0 Å². The first-order chi connectivity index (χ1) is 13.6. The highest BCUT2D eigenvalue weighted by atomic mass is 32.1. The predicted molar refractivity (Wildman–Crippen MR) is 108 cm³/mol. The molecule has 0 bridgehead atoms. The van der Waals surface area contributed by atoms with E-state index in [0.717, 1.165) is 41.1 Å². The van der Waals surface area contributed by atoms with Crippen molar-refractivity contribution in [3.05, 3.63) is 34.8 Å². The van der Waals surface area contributed by atoms with Crippen molar-refractivity contribution in [2.45, 2.75) is 19.8 Å². The van der Waals surface area contributed by atoms with Gasteiger partial charge in [-0.2, -0.15) is 0 Å². The number of ether oxygens (including phenoxy) is 1. The number of carbonyl (C=O) groups is 1. The largest absolute Gasteiger partial charge is 0.493 e. The van der Waals surface area contributed by atoms with E-state index >= 15 is 0 Å². The van der Waals surface area contributed by atoms with Gasteiger partial charge in [-0.3, -0.25) is 4.79 Å². The number of thiazole rings is 1. The number of azo groups is 1. The number of hydrogen-bond acceptors (Lipinski definition) is 7. The second kappa shape index (κ2) is 8.07. The summed E-state index contributed by atoms with van der Waals surface area (Å²) in [6.07, 6.45) is 0.945. The van der Waals surface area contributed by atoms with Crippen molar-refractivity contribution >= 4 is 39.0 Å². The highest BCUT2D eigenvalue weighted by Crippen LogP contribution is 2.36. The van der Waals surface area contributed by atoms with Crippen LogP contribution in [0.15, 0.2) is 33.8 Å². The summed E-state index contributed by atoms with van der Waals surface area (Å²) in [6, 6.07) is 5.81. The van der Waals surface area contributed by atoms with Crippen molar-refractivity contribution in [3.8, 4) is 5.88 Å². The van der Waals surface area contributed by atoms with Gasteiger partial charge in [0.25, 0.3) is 5.91 Å². The molecule has 28 heavy (non-hydrogen) atoms. The Morgan fingerprint density at radius 1 is 1.39 bits per heavy atom. The number of fused-ring (bicyclic) bond motifs is 1. The summed E-state index contributed by atoms with van der Waals surface area (Å²) in [5.41, 5.74) is 2.83. The summed E-state index contributed by atoms with van der Waals surface area (Å²) in [5, 5.41) is 21.4. The van der Waals surface area contributed by atoms with Crippen molar-refractivity contribution in [1.82, 2.24) is 9.97 Å². The maximum atomic E-state index is 12.2. The first-order valence-electron chi connectivity index (χ1n) is 9.19. The number of benzene rings is 1. The van der Waals surface area contributed by atoms with Gasteiger partial charge in [0.1, 0.15) is 0 Å². The van der Waals surface area contributed by atoms with E-state index in [9.17, 15) is 9.90 Å². The lowest BCUT2D eigenvalue weighted by Crippen LogP contribution is -2.36. The SMILES string of the molecule is CCc1ccc2[nH]c(O)c(N=NC(=O)Cc3csc(N4CCOCC4)n3)c2c1. The number of H-pyrrole nitrogens is 1. The van der Waals surface area contributed by atoms with Gasteiger partial charge in [-0.15, -0.1) is 21.6 Å². The smallest absolute Gasteiger partial charge is 0.270 e. The fourth-order valence-corrected chi connectivity index (χ4v) is 3.98. The molecule has 0 atom stereocenters. The Balaban J connectivity index is 1.46. The van der Waals surface area contributed by atoms with Crippen molar-refractivity contribution in [2.24, 2.45) is 10.2 Å². The van der Waals surface area contributed by atoms with Gasteiger partial charge in [0.15, 0.2) is 10.8 Å². The van der Waals surface area contributed by atoms with Gasteiger partial charge in [-0.05, 0) is 24.1 Å². The average Bonchev–Trinajstić information content (AvgIpc) is 3.30. The van der Waals surface area contributed by atoms with Crippen molar-refractivity contribution in [2.75, 3.05) is 31.2 Å². The minimum atomic E-state index is -0.403. The van der Waals surface area contributed by atoms with E-state index in [4.69, 9.17) is 4.74 Å². The molecule has 4 rings (SSSR count). The van der Waals surface area contributed by atoms with Crippen LogP contribution in [0.2, 0.25) is 0 Å². The molecule has 146 valence electrons. The molecule has 3 heterocycles. The molecule has 1 saturated heterocycles. The molecular formula is C19H21N5O3S. The lowest BCUT2D eigenvalue weighted by Gasteiger charge is -2.25. The third-order valence-corrected chi connectivity index (χ3v) is 5.59. The summed E-state index contributed by atoms with van der Waals surface area (Å²) in [7, 11) is 0. The molecule has 1 amide bonds. The Bertz CT molecular complexity index is 1020. The van der Waals surface area contributed by atoms with Gasteiger partial charge < -0.3 is 19.7 Å². The maximum absolute atomic E-state index is 12.2. The summed E-state index contributed by atoms with van der Waals surface area (Å²) in [6.45, 7) is 5.05. The number of anilines is 1. The highest BCUT2D eigenvalue weighted by molar-refractivity contribution is 7.13. The molecule has 0 saturated carbocycles. The van der Waals surface area contributed by atoms with Crippen LogP contribution in [0.4, 0.5) is 10.8 Å². The van der Waals surface area contributed by atoms with Crippen LogP contribution in [0.1, 0.15) is 18.2 Å². The van der Waals surface area contributed by atoms with E-state index in [0.29, 0.717) is 18.9 Å². The lowest BCUT2D eigenvalue weighted by atomic mass is 10.1. The summed E-state index contributed by atoms with van der Waals surface area (Å²) >= 11 is 1.51. The summed E-state index contributed by atoms with van der Waals surface area (Å²) < 4.78 is 5.35. The molecule has 1 aromatic carbocycles. The van der Waals surface area contributed by atoms with E-state index in [1.54, 1.807) is 0 Å². The Kier molecular flexibility index (Phi) is 5.36. The number of amides is 1. The molecule has 2 aromatic heterocycles. The molecule has 0 spiro atoms. The first kappa shape index (κ1) is 18.6. The van der Waals surface area contributed by atoms with Crippen LogP contribution >= 0.6 is 11.3 Å². The Labute approximate surface area is 165 Å². The zero-order chi connectivity index (χ0) is 19.5. The zero-order valence-corrected chi connectivity index (χ0v) is 16.3. The molecule has 1 aliphatic rings. The fourth-order valence-electron chi connectivity index (χ4n) is 3.11. The van der Waals surface area contributed by atoms with Crippen LogP contribution in [0, 0.1) is 0 Å². The number of aromatic nitrogens is 2. The molecule has 1 fully saturated rings. The van der Waals surface area contributed by atoms with E-state index < -0.39 is 5.91 Å². The predicted octanol–water partition coefficient (Wildman–Crippen LogP) is 3.58. The van der Waals surface area contributed by atoms with Crippen LogP contribution in [0.5, 0.6) is 5.88 Å². The van der Waals surface area contributed by atoms with Gasteiger partial charge in [0, 0.05) is 23.9 Å². The molecule has 9 heteroatoms.